The molecule has 1 fully saturated rings. The van der Waals surface area contributed by atoms with E-state index in [0.717, 1.165) is 12.2 Å². The number of aromatic nitrogens is 1. The molecule has 0 N–H and O–H groups in total. The van der Waals surface area contributed by atoms with Gasteiger partial charge in [0.1, 0.15) is 10.8 Å². The normalized spacial score (nSPS) is 17.7. The summed E-state index contributed by atoms with van der Waals surface area (Å²) in [4.78, 5) is 18.5. The smallest absolute Gasteiger partial charge is 0.255 e. The Balaban J connectivity index is 1.71. The van der Waals surface area contributed by atoms with Crippen molar-refractivity contribution in [1.29, 1.82) is 0 Å². The van der Waals surface area contributed by atoms with Gasteiger partial charge in [0.15, 0.2) is 0 Å². The third kappa shape index (κ3) is 2.95. The van der Waals surface area contributed by atoms with Crippen LogP contribution in [0.4, 0.5) is 0 Å². The molecule has 1 aliphatic rings. The highest BCUT2D eigenvalue weighted by molar-refractivity contribution is 6.32. The molecule has 2 aromatic heterocycles. The van der Waals surface area contributed by atoms with E-state index in [9.17, 15) is 4.79 Å². The zero-order chi connectivity index (χ0) is 15.5. The van der Waals surface area contributed by atoms with Crippen LogP contribution in [0, 0.1) is 0 Å². The molecule has 0 aliphatic carbocycles. The van der Waals surface area contributed by atoms with Gasteiger partial charge in [0.25, 0.3) is 5.91 Å². The Morgan fingerprint density at radius 2 is 2.45 bits per heavy atom. The van der Waals surface area contributed by atoms with Crippen LogP contribution >= 0.6 is 11.6 Å². The number of furan rings is 1. The van der Waals surface area contributed by atoms with Gasteiger partial charge in [0.2, 0.25) is 5.88 Å². The highest BCUT2D eigenvalue weighted by Crippen LogP contribution is 2.29. The summed E-state index contributed by atoms with van der Waals surface area (Å²) in [5.41, 5.74) is 0.480. The van der Waals surface area contributed by atoms with Gasteiger partial charge in [-0.2, -0.15) is 0 Å². The van der Waals surface area contributed by atoms with Crippen LogP contribution in [0.15, 0.2) is 35.1 Å². The average molecular weight is 321 g/mol. The quantitative estimate of drug-likeness (QED) is 0.866. The first-order chi connectivity index (χ1) is 10.7. The first kappa shape index (κ1) is 14.9. The van der Waals surface area contributed by atoms with Gasteiger partial charge < -0.3 is 14.1 Å². The van der Waals surface area contributed by atoms with Crippen LogP contribution < -0.4 is 4.74 Å². The van der Waals surface area contributed by atoms with E-state index in [1.807, 2.05) is 19.1 Å². The zero-order valence-electron chi connectivity index (χ0n) is 12.3. The standard InChI is InChI=1S/C16H17ClN2O3/c1-2-21-15-13(17)8-12(9-18-15)16(20)19-6-5-11(10-19)14-4-3-7-22-14/h3-4,7-9,11H,2,5-6,10H2,1H3/t11-/m1/s1. The van der Waals surface area contributed by atoms with Crippen LogP contribution in [0.1, 0.15) is 35.4 Å². The van der Waals surface area contributed by atoms with Crippen LogP contribution in [-0.2, 0) is 0 Å². The number of carbonyl (C=O) groups excluding carboxylic acids is 1. The second-order valence-electron chi connectivity index (χ2n) is 5.20. The predicted molar refractivity (Wildman–Crippen MR) is 82.4 cm³/mol. The SMILES string of the molecule is CCOc1ncc(C(=O)N2CC[C@@H](c3ccco3)C2)cc1Cl. The van der Waals surface area contributed by atoms with Crippen molar-refractivity contribution in [3.05, 3.63) is 47.0 Å². The Morgan fingerprint density at radius 1 is 1.59 bits per heavy atom. The van der Waals surface area contributed by atoms with E-state index in [1.54, 1.807) is 17.2 Å². The molecule has 0 unspecified atom stereocenters. The maximum Gasteiger partial charge on any atom is 0.255 e. The fourth-order valence-corrected chi connectivity index (χ4v) is 2.89. The molecular formula is C16H17ClN2O3. The highest BCUT2D eigenvalue weighted by Gasteiger charge is 2.29. The van der Waals surface area contributed by atoms with E-state index in [4.69, 9.17) is 20.8 Å². The molecule has 116 valence electrons. The molecule has 0 saturated carbocycles. The van der Waals surface area contributed by atoms with Crippen LogP contribution in [0.2, 0.25) is 5.02 Å². The molecule has 0 bridgehead atoms. The molecule has 1 amide bonds. The minimum absolute atomic E-state index is 0.0634. The van der Waals surface area contributed by atoms with Gasteiger partial charge >= 0.3 is 0 Å². The van der Waals surface area contributed by atoms with Gasteiger partial charge in [-0.05, 0) is 31.5 Å². The summed E-state index contributed by atoms with van der Waals surface area (Å²) in [6, 6.07) is 5.44. The Hall–Kier alpha value is -2.01. The maximum absolute atomic E-state index is 12.5. The number of rotatable bonds is 4. The fourth-order valence-electron chi connectivity index (χ4n) is 2.67. The van der Waals surface area contributed by atoms with Gasteiger partial charge in [0, 0.05) is 25.2 Å². The Kier molecular flexibility index (Phi) is 4.34. The summed E-state index contributed by atoms with van der Waals surface area (Å²) in [5.74, 6) is 1.48. The first-order valence-corrected chi connectivity index (χ1v) is 7.68. The molecule has 2 aromatic rings. The maximum atomic E-state index is 12.5. The second-order valence-corrected chi connectivity index (χ2v) is 5.60. The third-order valence-electron chi connectivity index (χ3n) is 3.76. The van der Waals surface area contributed by atoms with E-state index >= 15 is 0 Å². The van der Waals surface area contributed by atoms with Crippen LogP contribution in [0.5, 0.6) is 5.88 Å². The van der Waals surface area contributed by atoms with E-state index in [2.05, 4.69) is 4.98 Å². The van der Waals surface area contributed by atoms with Gasteiger partial charge in [-0.15, -0.1) is 0 Å². The lowest BCUT2D eigenvalue weighted by atomic mass is 10.1. The number of halogens is 1. The second kappa shape index (κ2) is 6.40. The summed E-state index contributed by atoms with van der Waals surface area (Å²) in [6.07, 6.45) is 4.08. The van der Waals surface area contributed by atoms with Gasteiger partial charge in [-0.3, -0.25) is 4.79 Å². The Labute approximate surface area is 133 Å². The predicted octanol–water partition coefficient (Wildman–Crippen LogP) is 3.36. The summed E-state index contributed by atoms with van der Waals surface area (Å²) < 4.78 is 10.7. The van der Waals surface area contributed by atoms with Crippen molar-refractivity contribution in [2.45, 2.75) is 19.3 Å². The molecule has 3 rings (SSSR count). The lowest BCUT2D eigenvalue weighted by Crippen LogP contribution is -2.28. The largest absolute Gasteiger partial charge is 0.477 e. The minimum Gasteiger partial charge on any atom is -0.477 e. The highest BCUT2D eigenvalue weighted by atomic mass is 35.5. The van der Waals surface area contributed by atoms with Gasteiger partial charge in [-0.25, -0.2) is 4.98 Å². The van der Waals surface area contributed by atoms with Crippen molar-refractivity contribution in [2.75, 3.05) is 19.7 Å². The minimum atomic E-state index is -0.0634. The van der Waals surface area contributed by atoms with Crippen molar-refractivity contribution in [3.63, 3.8) is 0 Å². The number of pyridine rings is 1. The number of nitrogens with zero attached hydrogens (tertiary/aromatic N) is 2. The lowest BCUT2D eigenvalue weighted by Gasteiger charge is -2.16. The summed E-state index contributed by atoms with van der Waals surface area (Å²) in [7, 11) is 0. The van der Waals surface area contributed by atoms with Crippen LogP contribution in [-0.4, -0.2) is 35.5 Å². The van der Waals surface area contributed by atoms with E-state index < -0.39 is 0 Å². The monoisotopic (exact) mass is 320 g/mol. The molecule has 22 heavy (non-hydrogen) atoms. The zero-order valence-corrected chi connectivity index (χ0v) is 13.0. The number of hydrogen-bond donors (Lipinski definition) is 0. The molecule has 1 aliphatic heterocycles. The summed E-state index contributed by atoms with van der Waals surface area (Å²) in [6.45, 7) is 3.69. The summed E-state index contributed by atoms with van der Waals surface area (Å²) >= 11 is 6.10. The van der Waals surface area contributed by atoms with E-state index in [1.165, 1.54) is 6.20 Å². The number of ether oxygens (including phenoxy) is 1. The van der Waals surface area contributed by atoms with E-state index in [0.29, 0.717) is 36.2 Å². The molecule has 0 aromatic carbocycles. The molecule has 0 spiro atoms. The number of hydrogen-bond acceptors (Lipinski definition) is 4. The third-order valence-corrected chi connectivity index (χ3v) is 4.03. The van der Waals surface area contributed by atoms with Gasteiger partial charge in [0.05, 0.1) is 18.4 Å². The molecule has 0 radical (unpaired) electrons. The molecule has 5 nitrogen and oxygen atoms in total. The van der Waals surface area contributed by atoms with Gasteiger partial charge in [-0.1, -0.05) is 11.6 Å². The van der Waals surface area contributed by atoms with Crippen molar-refractivity contribution in [2.24, 2.45) is 0 Å². The Morgan fingerprint density at radius 3 is 3.14 bits per heavy atom. The van der Waals surface area contributed by atoms with Crippen molar-refractivity contribution in [3.8, 4) is 5.88 Å². The topological polar surface area (TPSA) is 55.6 Å². The molecule has 6 heteroatoms. The number of carbonyl (C=O) groups is 1. The fraction of sp³-hybridized carbons (Fsp3) is 0.375. The number of likely N-dealkylation sites (tertiary alicyclic amines) is 1. The average Bonchev–Trinajstić information content (AvgIpc) is 3.19. The Bertz CT molecular complexity index is 657. The van der Waals surface area contributed by atoms with Crippen LogP contribution in [0.25, 0.3) is 0 Å². The van der Waals surface area contributed by atoms with Crippen molar-refractivity contribution >= 4 is 17.5 Å². The molecule has 1 saturated heterocycles. The number of amides is 1. The van der Waals surface area contributed by atoms with Crippen molar-refractivity contribution in [1.82, 2.24) is 9.88 Å². The van der Waals surface area contributed by atoms with E-state index in [-0.39, 0.29) is 11.8 Å². The van der Waals surface area contributed by atoms with Crippen LogP contribution in [0.3, 0.4) is 0 Å². The van der Waals surface area contributed by atoms with Crippen molar-refractivity contribution < 1.29 is 13.9 Å². The summed E-state index contributed by atoms with van der Waals surface area (Å²) in [5, 5.41) is 0.356. The lowest BCUT2D eigenvalue weighted by molar-refractivity contribution is 0.0789. The first-order valence-electron chi connectivity index (χ1n) is 7.30. The molecule has 1 atom stereocenters. The molecular weight excluding hydrogens is 304 g/mol. The molecule has 3 heterocycles.